The van der Waals surface area contributed by atoms with E-state index in [-0.39, 0.29) is 12.5 Å². The molecule has 0 atom stereocenters. The molecule has 1 N–H and O–H groups in total. The average molecular weight is 328 g/mol. The number of thiophene rings is 1. The lowest BCUT2D eigenvalue weighted by Gasteiger charge is -2.05. The van der Waals surface area contributed by atoms with Gasteiger partial charge < -0.3 is 14.5 Å². The summed E-state index contributed by atoms with van der Waals surface area (Å²) in [5, 5.41) is 4.74. The maximum Gasteiger partial charge on any atom is 0.251 e. The number of amides is 1. The molecule has 1 amide bonds. The standard InChI is InChI=1S/C17H16N2O3S/c1-2-18-17(20)12-5-7-13(8-6-12)21-11-16-19-10-14(22-16)15-4-3-9-23-15/h3-10H,2,11H2,1H3,(H,18,20). The lowest BCUT2D eigenvalue weighted by atomic mass is 10.2. The van der Waals surface area contributed by atoms with Gasteiger partial charge in [-0.05, 0) is 42.6 Å². The number of ether oxygens (including phenoxy) is 1. The Bertz CT molecular complexity index is 764. The molecule has 3 rings (SSSR count). The van der Waals surface area contributed by atoms with Gasteiger partial charge in [0, 0.05) is 12.1 Å². The van der Waals surface area contributed by atoms with Gasteiger partial charge in [-0.1, -0.05) is 6.07 Å². The molecule has 118 valence electrons. The van der Waals surface area contributed by atoms with Gasteiger partial charge >= 0.3 is 0 Å². The predicted octanol–water partition coefficient (Wildman–Crippen LogP) is 3.73. The lowest BCUT2D eigenvalue weighted by Crippen LogP contribution is -2.22. The Hall–Kier alpha value is -2.60. The van der Waals surface area contributed by atoms with Gasteiger partial charge in [0.1, 0.15) is 5.75 Å². The van der Waals surface area contributed by atoms with Crippen molar-refractivity contribution in [1.29, 1.82) is 0 Å². The molecule has 0 aliphatic heterocycles. The van der Waals surface area contributed by atoms with Crippen LogP contribution in [0.15, 0.2) is 52.4 Å². The molecule has 2 heterocycles. The molecular formula is C17H16N2O3S. The third kappa shape index (κ3) is 3.78. The third-order valence-corrected chi connectivity index (χ3v) is 4.02. The summed E-state index contributed by atoms with van der Waals surface area (Å²) in [7, 11) is 0. The van der Waals surface area contributed by atoms with Gasteiger partial charge in [0.05, 0.1) is 11.1 Å². The number of aromatic nitrogens is 1. The zero-order valence-corrected chi connectivity index (χ0v) is 13.4. The predicted molar refractivity (Wildman–Crippen MR) is 88.6 cm³/mol. The first-order valence-electron chi connectivity index (χ1n) is 7.26. The normalized spacial score (nSPS) is 10.5. The maximum atomic E-state index is 11.7. The summed E-state index contributed by atoms with van der Waals surface area (Å²) in [6.07, 6.45) is 1.70. The zero-order valence-electron chi connectivity index (χ0n) is 12.6. The molecule has 0 unspecified atom stereocenters. The Morgan fingerprint density at radius 2 is 2.13 bits per heavy atom. The fourth-order valence-electron chi connectivity index (χ4n) is 2.02. The van der Waals surface area contributed by atoms with Crippen LogP contribution < -0.4 is 10.1 Å². The van der Waals surface area contributed by atoms with Crippen molar-refractivity contribution in [3.8, 4) is 16.4 Å². The summed E-state index contributed by atoms with van der Waals surface area (Å²) >= 11 is 1.60. The fraction of sp³-hybridized carbons (Fsp3) is 0.176. The number of rotatable bonds is 6. The Morgan fingerprint density at radius 3 is 2.83 bits per heavy atom. The van der Waals surface area contributed by atoms with Gasteiger partial charge in [0.25, 0.3) is 5.91 Å². The van der Waals surface area contributed by atoms with E-state index in [0.29, 0.717) is 23.7 Å². The van der Waals surface area contributed by atoms with Gasteiger partial charge in [0.15, 0.2) is 12.4 Å². The summed E-state index contributed by atoms with van der Waals surface area (Å²) in [4.78, 5) is 16.9. The minimum atomic E-state index is -0.0904. The first kappa shape index (κ1) is 15.3. The lowest BCUT2D eigenvalue weighted by molar-refractivity contribution is 0.0955. The molecule has 6 heteroatoms. The van der Waals surface area contributed by atoms with Crippen molar-refractivity contribution in [1.82, 2.24) is 10.3 Å². The van der Waals surface area contributed by atoms with Crippen LogP contribution in [0.5, 0.6) is 5.75 Å². The molecule has 0 spiro atoms. The Balaban J connectivity index is 1.59. The summed E-state index contributed by atoms with van der Waals surface area (Å²) in [6.45, 7) is 2.73. The van der Waals surface area contributed by atoms with E-state index in [1.807, 2.05) is 24.4 Å². The molecule has 0 saturated carbocycles. The molecule has 0 saturated heterocycles. The second kappa shape index (κ2) is 7.11. The van der Waals surface area contributed by atoms with Gasteiger partial charge in [-0.2, -0.15) is 0 Å². The number of carbonyl (C=O) groups is 1. The van der Waals surface area contributed by atoms with Gasteiger partial charge in [-0.15, -0.1) is 11.3 Å². The van der Waals surface area contributed by atoms with E-state index in [4.69, 9.17) is 9.15 Å². The van der Waals surface area contributed by atoms with E-state index >= 15 is 0 Å². The van der Waals surface area contributed by atoms with Crippen LogP contribution in [0.4, 0.5) is 0 Å². The van der Waals surface area contributed by atoms with Crippen LogP contribution in [0.2, 0.25) is 0 Å². The second-order valence-corrected chi connectivity index (χ2v) is 5.72. The molecule has 23 heavy (non-hydrogen) atoms. The maximum absolute atomic E-state index is 11.7. The Labute approximate surface area is 137 Å². The molecule has 3 aromatic rings. The van der Waals surface area contributed by atoms with Crippen LogP contribution in [0.25, 0.3) is 10.6 Å². The molecule has 0 bridgehead atoms. The van der Waals surface area contributed by atoms with E-state index < -0.39 is 0 Å². The fourth-order valence-corrected chi connectivity index (χ4v) is 2.69. The average Bonchev–Trinajstić information content (AvgIpc) is 3.25. The van der Waals surface area contributed by atoms with Crippen molar-refractivity contribution in [3.63, 3.8) is 0 Å². The monoisotopic (exact) mass is 328 g/mol. The number of carbonyl (C=O) groups excluding carboxylic acids is 1. The van der Waals surface area contributed by atoms with Crippen molar-refractivity contribution in [2.75, 3.05) is 6.54 Å². The highest BCUT2D eigenvalue weighted by molar-refractivity contribution is 7.13. The van der Waals surface area contributed by atoms with Gasteiger partial charge in [-0.3, -0.25) is 4.79 Å². The Morgan fingerprint density at radius 1 is 1.30 bits per heavy atom. The Kier molecular flexibility index (Phi) is 4.73. The van der Waals surface area contributed by atoms with Crippen molar-refractivity contribution < 1.29 is 13.9 Å². The molecule has 0 radical (unpaired) electrons. The number of hydrogen-bond donors (Lipinski definition) is 1. The van der Waals surface area contributed by atoms with Crippen molar-refractivity contribution in [2.45, 2.75) is 13.5 Å². The first-order chi connectivity index (χ1) is 11.3. The highest BCUT2D eigenvalue weighted by Crippen LogP contribution is 2.25. The van der Waals surface area contributed by atoms with Crippen LogP contribution in [0, 0.1) is 0 Å². The molecule has 2 aromatic heterocycles. The number of nitrogens with zero attached hydrogens (tertiary/aromatic N) is 1. The van der Waals surface area contributed by atoms with Crippen LogP contribution in [-0.2, 0) is 6.61 Å². The minimum absolute atomic E-state index is 0.0904. The van der Waals surface area contributed by atoms with E-state index in [1.165, 1.54) is 0 Å². The molecule has 0 aliphatic carbocycles. The van der Waals surface area contributed by atoms with Crippen molar-refractivity contribution in [2.24, 2.45) is 0 Å². The number of benzene rings is 1. The molecule has 5 nitrogen and oxygen atoms in total. The van der Waals surface area contributed by atoms with E-state index in [9.17, 15) is 4.79 Å². The van der Waals surface area contributed by atoms with Gasteiger partial charge in [0.2, 0.25) is 5.89 Å². The SMILES string of the molecule is CCNC(=O)c1ccc(OCc2ncc(-c3cccs3)o2)cc1. The van der Waals surface area contributed by atoms with Gasteiger partial charge in [-0.25, -0.2) is 4.98 Å². The third-order valence-electron chi connectivity index (χ3n) is 3.13. The summed E-state index contributed by atoms with van der Waals surface area (Å²) in [5.74, 6) is 1.83. The highest BCUT2D eigenvalue weighted by atomic mass is 32.1. The van der Waals surface area contributed by atoms with Crippen LogP contribution in [0.1, 0.15) is 23.2 Å². The molecule has 0 fully saturated rings. The summed E-state index contributed by atoms with van der Waals surface area (Å²) in [6, 6.07) is 10.9. The highest BCUT2D eigenvalue weighted by Gasteiger charge is 2.08. The van der Waals surface area contributed by atoms with Crippen molar-refractivity contribution in [3.05, 3.63) is 59.4 Å². The van der Waals surface area contributed by atoms with Crippen LogP contribution in [-0.4, -0.2) is 17.4 Å². The number of nitrogens with one attached hydrogen (secondary N) is 1. The van der Waals surface area contributed by atoms with E-state index in [0.717, 1.165) is 10.6 Å². The largest absolute Gasteiger partial charge is 0.484 e. The van der Waals surface area contributed by atoms with Crippen LogP contribution >= 0.6 is 11.3 Å². The van der Waals surface area contributed by atoms with E-state index in [1.54, 1.807) is 41.8 Å². The smallest absolute Gasteiger partial charge is 0.251 e. The zero-order chi connectivity index (χ0) is 16.1. The summed E-state index contributed by atoms with van der Waals surface area (Å²) in [5.41, 5.74) is 0.607. The second-order valence-electron chi connectivity index (χ2n) is 4.77. The molecule has 0 aliphatic rings. The summed E-state index contributed by atoms with van der Waals surface area (Å²) < 4.78 is 11.3. The number of oxazole rings is 1. The molecular weight excluding hydrogens is 312 g/mol. The topological polar surface area (TPSA) is 64.4 Å². The first-order valence-corrected chi connectivity index (χ1v) is 8.14. The minimum Gasteiger partial charge on any atom is -0.484 e. The van der Waals surface area contributed by atoms with E-state index in [2.05, 4.69) is 10.3 Å². The van der Waals surface area contributed by atoms with Crippen molar-refractivity contribution >= 4 is 17.2 Å². The van der Waals surface area contributed by atoms with Crippen LogP contribution in [0.3, 0.4) is 0 Å². The quantitative estimate of drug-likeness (QED) is 0.749. The number of hydrogen-bond acceptors (Lipinski definition) is 5. The molecule has 1 aromatic carbocycles.